The summed E-state index contributed by atoms with van der Waals surface area (Å²) in [6.07, 6.45) is 1.46. The van der Waals surface area contributed by atoms with E-state index in [9.17, 15) is 4.39 Å². The van der Waals surface area contributed by atoms with Gasteiger partial charge in [-0.1, -0.05) is 0 Å². The Labute approximate surface area is 134 Å². The van der Waals surface area contributed by atoms with E-state index in [0.717, 1.165) is 21.1 Å². The zero-order valence-corrected chi connectivity index (χ0v) is 12.4. The van der Waals surface area contributed by atoms with Crippen molar-refractivity contribution in [2.45, 2.75) is 0 Å². The van der Waals surface area contributed by atoms with E-state index >= 15 is 0 Å². The van der Waals surface area contributed by atoms with Gasteiger partial charge in [0.25, 0.3) is 0 Å². The molecule has 0 aliphatic heterocycles. The molecule has 0 unspecified atom stereocenters. The Bertz CT molecular complexity index is 1070. The van der Waals surface area contributed by atoms with Crippen LogP contribution >= 0.6 is 11.3 Å². The molecule has 0 radical (unpaired) electrons. The minimum Gasteiger partial charge on any atom is -0.340 e. The standard InChI is InChI=1S/C16H8FN5S/c17-9-1-3-10(4-2-9)21-16-14-11(19-8-20-16)5-6-12-15(14)23-13(7-18)22-12/h1-6,8H,(H,19,20,21). The number of hydrogen-bond donors (Lipinski definition) is 1. The van der Waals surface area contributed by atoms with Crippen LogP contribution in [0.2, 0.25) is 0 Å². The second kappa shape index (κ2) is 5.26. The number of nitriles is 1. The molecule has 0 aliphatic rings. The van der Waals surface area contributed by atoms with Gasteiger partial charge in [-0.25, -0.2) is 19.3 Å². The molecule has 0 amide bonds. The Balaban J connectivity index is 1.93. The van der Waals surface area contributed by atoms with Gasteiger partial charge in [0.2, 0.25) is 0 Å². The molecule has 0 bridgehead atoms. The second-order valence-corrected chi connectivity index (χ2v) is 5.79. The van der Waals surface area contributed by atoms with Crippen molar-refractivity contribution >= 4 is 44.0 Å². The maximum atomic E-state index is 13.0. The maximum Gasteiger partial charge on any atom is 0.195 e. The summed E-state index contributed by atoms with van der Waals surface area (Å²) >= 11 is 1.30. The molecule has 0 saturated heterocycles. The van der Waals surface area contributed by atoms with Crippen molar-refractivity contribution in [2.24, 2.45) is 0 Å². The van der Waals surface area contributed by atoms with Crippen molar-refractivity contribution in [3.63, 3.8) is 0 Å². The minimum atomic E-state index is -0.299. The van der Waals surface area contributed by atoms with E-state index in [-0.39, 0.29) is 5.82 Å². The summed E-state index contributed by atoms with van der Waals surface area (Å²) in [5, 5.41) is 13.4. The van der Waals surface area contributed by atoms with Crippen LogP contribution in [0.5, 0.6) is 0 Å². The smallest absolute Gasteiger partial charge is 0.195 e. The highest BCUT2D eigenvalue weighted by Gasteiger charge is 2.12. The molecular formula is C16H8FN5S. The second-order valence-electron chi connectivity index (χ2n) is 4.79. The van der Waals surface area contributed by atoms with Crippen molar-refractivity contribution in [1.82, 2.24) is 15.0 Å². The first-order valence-corrected chi connectivity index (χ1v) is 7.53. The van der Waals surface area contributed by atoms with Gasteiger partial charge in [0, 0.05) is 5.69 Å². The Morgan fingerprint density at radius 1 is 1.04 bits per heavy atom. The average molecular weight is 321 g/mol. The Morgan fingerprint density at radius 3 is 2.61 bits per heavy atom. The number of halogens is 1. The van der Waals surface area contributed by atoms with Gasteiger partial charge in [0.1, 0.15) is 24.0 Å². The fraction of sp³-hybridized carbons (Fsp3) is 0. The number of benzene rings is 2. The third-order valence-corrected chi connectivity index (χ3v) is 4.35. The maximum absolute atomic E-state index is 13.0. The first-order valence-electron chi connectivity index (χ1n) is 6.71. The number of hydrogen-bond acceptors (Lipinski definition) is 6. The molecular weight excluding hydrogens is 313 g/mol. The molecule has 0 spiro atoms. The molecule has 4 rings (SSSR count). The van der Waals surface area contributed by atoms with Crippen molar-refractivity contribution in [3.8, 4) is 6.07 Å². The highest BCUT2D eigenvalue weighted by molar-refractivity contribution is 7.20. The van der Waals surface area contributed by atoms with Crippen LogP contribution < -0.4 is 5.32 Å². The Kier molecular flexibility index (Phi) is 3.10. The highest BCUT2D eigenvalue weighted by Crippen LogP contribution is 2.34. The molecule has 0 saturated carbocycles. The molecule has 2 aromatic heterocycles. The average Bonchev–Trinajstić information content (AvgIpc) is 3.00. The summed E-state index contributed by atoms with van der Waals surface area (Å²) in [6.45, 7) is 0. The van der Waals surface area contributed by atoms with Crippen LogP contribution in [0.3, 0.4) is 0 Å². The Morgan fingerprint density at radius 2 is 1.83 bits per heavy atom. The van der Waals surface area contributed by atoms with E-state index in [1.54, 1.807) is 12.1 Å². The first-order chi connectivity index (χ1) is 11.2. The number of fused-ring (bicyclic) bond motifs is 3. The fourth-order valence-electron chi connectivity index (χ4n) is 2.34. The lowest BCUT2D eigenvalue weighted by molar-refractivity contribution is 0.628. The zero-order chi connectivity index (χ0) is 15.8. The monoisotopic (exact) mass is 321 g/mol. The summed E-state index contributed by atoms with van der Waals surface area (Å²) in [4.78, 5) is 12.8. The van der Waals surface area contributed by atoms with E-state index in [2.05, 4.69) is 26.3 Å². The molecule has 0 atom stereocenters. The van der Waals surface area contributed by atoms with Gasteiger partial charge in [0.15, 0.2) is 5.01 Å². The molecule has 2 aromatic carbocycles. The molecule has 0 aliphatic carbocycles. The molecule has 0 fully saturated rings. The zero-order valence-electron chi connectivity index (χ0n) is 11.6. The predicted octanol–water partition coefficient (Wildman–Crippen LogP) is 3.99. The van der Waals surface area contributed by atoms with E-state index in [0.29, 0.717) is 16.5 Å². The number of anilines is 2. The lowest BCUT2D eigenvalue weighted by atomic mass is 10.2. The predicted molar refractivity (Wildman–Crippen MR) is 87.1 cm³/mol. The summed E-state index contributed by atoms with van der Waals surface area (Å²) in [5.74, 6) is 0.298. The third-order valence-electron chi connectivity index (χ3n) is 3.36. The largest absolute Gasteiger partial charge is 0.340 e. The van der Waals surface area contributed by atoms with E-state index in [1.807, 2.05) is 12.1 Å². The van der Waals surface area contributed by atoms with Gasteiger partial charge in [0.05, 0.1) is 21.1 Å². The lowest BCUT2D eigenvalue weighted by Crippen LogP contribution is -1.96. The molecule has 1 N–H and O–H groups in total. The summed E-state index contributed by atoms with van der Waals surface area (Å²) < 4.78 is 13.9. The topological polar surface area (TPSA) is 74.5 Å². The van der Waals surface area contributed by atoms with Crippen LogP contribution in [0.4, 0.5) is 15.9 Å². The Hall–Kier alpha value is -3.11. The molecule has 2 heterocycles. The van der Waals surface area contributed by atoms with E-state index < -0.39 is 0 Å². The number of rotatable bonds is 2. The van der Waals surface area contributed by atoms with Crippen molar-refractivity contribution in [3.05, 3.63) is 53.6 Å². The van der Waals surface area contributed by atoms with Crippen LogP contribution in [-0.4, -0.2) is 15.0 Å². The van der Waals surface area contributed by atoms with E-state index in [1.165, 1.54) is 29.8 Å². The van der Waals surface area contributed by atoms with Gasteiger partial charge in [-0.2, -0.15) is 5.26 Å². The van der Waals surface area contributed by atoms with Crippen molar-refractivity contribution < 1.29 is 4.39 Å². The number of thiazole rings is 1. The normalized spacial score (nSPS) is 10.8. The quantitative estimate of drug-likeness (QED) is 0.604. The summed E-state index contributed by atoms with van der Waals surface area (Å²) in [7, 11) is 0. The van der Waals surface area contributed by atoms with Crippen LogP contribution in [0.15, 0.2) is 42.7 Å². The van der Waals surface area contributed by atoms with Gasteiger partial charge >= 0.3 is 0 Å². The van der Waals surface area contributed by atoms with Gasteiger partial charge < -0.3 is 5.32 Å². The summed E-state index contributed by atoms with van der Waals surface area (Å²) in [5.41, 5.74) is 2.20. The molecule has 110 valence electrons. The van der Waals surface area contributed by atoms with Crippen LogP contribution in [0.1, 0.15) is 5.01 Å². The lowest BCUT2D eigenvalue weighted by Gasteiger charge is -2.08. The molecule has 4 aromatic rings. The number of aromatic nitrogens is 3. The highest BCUT2D eigenvalue weighted by atomic mass is 32.1. The van der Waals surface area contributed by atoms with E-state index in [4.69, 9.17) is 5.26 Å². The SMILES string of the molecule is N#Cc1nc2ccc3ncnc(Nc4ccc(F)cc4)c3c2s1. The van der Waals surface area contributed by atoms with Crippen molar-refractivity contribution in [2.75, 3.05) is 5.32 Å². The van der Waals surface area contributed by atoms with Crippen LogP contribution in [0, 0.1) is 17.1 Å². The molecule has 23 heavy (non-hydrogen) atoms. The van der Waals surface area contributed by atoms with Gasteiger partial charge in [-0.05, 0) is 36.4 Å². The fourth-order valence-corrected chi connectivity index (χ4v) is 3.25. The van der Waals surface area contributed by atoms with Gasteiger partial charge in [-0.15, -0.1) is 11.3 Å². The van der Waals surface area contributed by atoms with Crippen LogP contribution in [-0.2, 0) is 0 Å². The van der Waals surface area contributed by atoms with Crippen LogP contribution in [0.25, 0.3) is 21.1 Å². The van der Waals surface area contributed by atoms with Gasteiger partial charge in [-0.3, -0.25) is 0 Å². The number of nitrogens with zero attached hydrogens (tertiary/aromatic N) is 4. The summed E-state index contributed by atoms with van der Waals surface area (Å²) in [6, 6.07) is 11.8. The van der Waals surface area contributed by atoms with Crippen molar-refractivity contribution in [1.29, 1.82) is 5.26 Å². The first kappa shape index (κ1) is 13.5. The molecule has 7 heteroatoms. The minimum absolute atomic E-state index is 0.299. The molecule has 5 nitrogen and oxygen atoms in total. The third kappa shape index (κ3) is 2.35. The number of nitrogens with one attached hydrogen (secondary N) is 1.